The zero-order valence-electron chi connectivity index (χ0n) is 6.06. The van der Waals surface area contributed by atoms with E-state index in [0.29, 0.717) is 11.5 Å². The Balaban J connectivity index is 2.18. The minimum absolute atomic E-state index is 0.524. The van der Waals surface area contributed by atoms with Gasteiger partial charge in [0.25, 0.3) is 0 Å². The molecule has 2 rings (SSSR count). The molecule has 0 bridgehead atoms. The van der Waals surface area contributed by atoms with Crippen molar-refractivity contribution in [2.45, 2.75) is 38.6 Å². The lowest BCUT2D eigenvalue weighted by Crippen LogP contribution is -2.44. The van der Waals surface area contributed by atoms with Crippen LogP contribution in [0.25, 0.3) is 0 Å². The van der Waals surface area contributed by atoms with E-state index in [0.717, 1.165) is 5.92 Å². The molecule has 0 saturated heterocycles. The van der Waals surface area contributed by atoms with Gasteiger partial charge in [0.1, 0.15) is 0 Å². The number of hydrogen-bond donors (Lipinski definition) is 1. The largest absolute Gasteiger partial charge is 0.327 e. The molecule has 2 aliphatic carbocycles. The molecule has 1 heteroatoms. The van der Waals surface area contributed by atoms with Gasteiger partial charge in [0.05, 0.1) is 0 Å². The Morgan fingerprint density at radius 1 is 1.33 bits per heavy atom. The monoisotopic (exact) mass is 125 g/mol. The van der Waals surface area contributed by atoms with Crippen LogP contribution in [0.4, 0.5) is 0 Å². The minimum Gasteiger partial charge on any atom is -0.327 e. The highest BCUT2D eigenvalue weighted by molar-refractivity contribution is 5.04. The van der Waals surface area contributed by atoms with Crippen LogP contribution in [0.5, 0.6) is 0 Å². The summed E-state index contributed by atoms with van der Waals surface area (Å²) in [5, 5.41) is 0. The molecule has 2 aliphatic rings. The fraction of sp³-hybridized carbons (Fsp3) is 1.00. The Morgan fingerprint density at radius 2 is 2.11 bits per heavy atom. The predicted octanol–water partition coefficient (Wildman–Crippen LogP) is 1.52. The Bertz CT molecular complexity index is 125. The Labute approximate surface area is 56.6 Å². The third kappa shape index (κ3) is 0.536. The van der Waals surface area contributed by atoms with E-state index in [2.05, 4.69) is 6.92 Å². The first-order chi connectivity index (χ1) is 4.23. The molecular weight excluding hydrogens is 110 g/mol. The number of fused-ring (bicyclic) bond motifs is 1. The first-order valence-corrected chi connectivity index (χ1v) is 3.99. The lowest BCUT2D eigenvalue weighted by molar-refractivity contribution is 0.0719. The van der Waals surface area contributed by atoms with Crippen LogP contribution >= 0.6 is 0 Å². The smallest absolute Gasteiger partial charge is 0.00956 e. The summed E-state index contributed by atoms with van der Waals surface area (Å²) >= 11 is 0. The van der Waals surface area contributed by atoms with Crippen molar-refractivity contribution in [3.8, 4) is 0 Å². The molecule has 0 aliphatic heterocycles. The second-order valence-electron chi connectivity index (χ2n) is 3.93. The van der Waals surface area contributed by atoms with Crippen LogP contribution in [-0.4, -0.2) is 6.04 Å². The zero-order valence-corrected chi connectivity index (χ0v) is 6.06. The van der Waals surface area contributed by atoms with Crippen molar-refractivity contribution >= 4 is 0 Å². The van der Waals surface area contributed by atoms with Crippen LogP contribution < -0.4 is 5.73 Å². The van der Waals surface area contributed by atoms with Gasteiger partial charge in [-0.3, -0.25) is 0 Å². The Hall–Kier alpha value is -0.0400. The first kappa shape index (κ1) is 5.72. The van der Waals surface area contributed by atoms with E-state index < -0.39 is 0 Å². The van der Waals surface area contributed by atoms with Crippen molar-refractivity contribution < 1.29 is 0 Å². The van der Waals surface area contributed by atoms with E-state index in [1.54, 1.807) is 0 Å². The van der Waals surface area contributed by atoms with Gasteiger partial charge in [0, 0.05) is 6.04 Å². The Morgan fingerprint density at radius 3 is 2.33 bits per heavy atom. The van der Waals surface area contributed by atoms with Crippen molar-refractivity contribution in [1.29, 1.82) is 0 Å². The third-order valence-corrected chi connectivity index (χ3v) is 3.64. The second kappa shape index (κ2) is 1.51. The summed E-state index contributed by atoms with van der Waals surface area (Å²) in [6, 6.07) is 0.524. The fourth-order valence-corrected chi connectivity index (χ4v) is 2.48. The molecule has 0 heterocycles. The molecule has 0 amide bonds. The summed E-state index contributed by atoms with van der Waals surface area (Å²) in [6.07, 6.45) is 5.52. The van der Waals surface area contributed by atoms with Gasteiger partial charge in [-0.15, -0.1) is 0 Å². The molecule has 2 fully saturated rings. The summed E-state index contributed by atoms with van der Waals surface area (Å²) in [6.45, 7) is 2.36. The van der Waals surface area contributed by atoms with Crippen LogP contribution in [0, 0.1) is 11.3 Å². The molecule has 3 atom stereocenters. The molecule has 2 unspecified atom stereocenters. The number of hydrogen-bond acceptors (Lipinski definition) is 1. The SMILES string of the molecule is C[C@]12CCC1CCC2N. The summed E-state index contributed by atoms with van der Waals surface area (Å²) < 4.78 is 0. The van der Waals surface area contributed by atoms with Gasteiger partial charge in [0.2, 0.25) is 0 Å². The highest BCUT2D eigenvalue weighted by Crippen LogP contribution is 2.56. The van der Waals surface area contributed by atoms with Crippen LogP contribution in [0.1, 0.15) is 32.6 Å². The van der Waals surface area contributed by atoms with E-state index in [1.165, 1.54) is 25.7 Å². The Kier molecular flexibility index (Phi) is 0.963. The van der Waals surface area contributed by atoms with Crippen LogP contribution in [0.2, 0.25) is 0 Å². The van der Waals surface area contributed by atoms with Crippen molar-refractivity contribution in [2.24, 2.45) is 17.1 Å². The standard InChI is InChI=1S/C8H15N/c1-8-5-4-6(8)2-3-7(8)9/h6-7H,2-5,9H2,1H3/t6?,7?,8-/m0/s1. The number of nitrogens with two attached hydrogens (primary N) is 1. The molecular formula is C8H15N. The molecule has 9 heavy (non-hydrogen) atoms. The van der Waals surface area contributed by atoms with Gasteiger partial charge >= 0.3 is 0 Å². The van der Waals surface area contributed by atoms with Gasteiger partial charge in [0.15, 0.2) is 0 Å². The molecule has 0 aromatic carbocycles. The number of rotatable bonds is 0. The van der Waals surface area contributed by atoms with Gasteiger partial charge in [-0.05, 0) is 37.0 Å². The molecule has 0 aromatic rings. The lowest BCUT2D eigenvalue weighted by Gasteiger charge is -2.44. The molecule has 52 valence electrons. The summed E-state index contributed by atoms with van der Waals surface area (Å²) in [4.78, 5) is 0. The minimum atomic E-state index is 0.524. The maximum absolute atomic E-state index is 5.95. The summed E-state index contributed by atoms with van der Waals surface area (Å²) in [5.74, 6) is 0.993. The topological polar surface area (TPSA) is 26.0 Å². The van der Waals surface area contributed by atoms with Gasteiger partial charge in [-0.1, -0.05) is 6.92 Å². The predicted molar refractivity (Wildman–Crippen MR) is 38.0 cm³/mol. The fourth-order valence-electron chi connectivity index (χ4n) is 2.48. The molecule has 0 radical (unpaired) electrons. The van der Waals surface area contributed by atoms with E-state index in [9.17, 15) is 0 Å². The summed E-state index contributed by atoms with van der Waals surface area (Å²) in [5.41, 5.74) is 6.52. The van der Waals surface area contributed by atoms with Crippen molar-refractivity contribution in [2.75, 3.05) is 0 Å². The maximum Gasteiger partial charge on any atom is 0.00956 e. The lowest BCUT2D eigenvalue weighted by atomic mass is 9.62. The second-order valence-corrected chi connectivity index (χ2v) is 3.93. The van der Waals surface area contributed by atoms with E-state index in [-0.39, 0.29) is 0 Å². The van der Waals surface area contributed by atoms with Crippen molar-refractivity contribution in [1.82, 2.24) is 0 Å². The van der Waals surface area contributed by atoms with E-state index in [1.807, 2.05) is 0 Å². The van der Waals surface area contributed by atoms with Crippen LogP contribution in [0.3, 0.4) is 0 Å². The highest BCUT2D eigenvalue weighted by Gasteiger charge is 2.50. The zero-order chi connectivity index (χ0) is 6.48. The average Bonchev–Trinajstić information content (AvgIpc) is 1.96. The quantitative estimate of drug-likeness (QED) is 0.522. The first-order valence-electron chi connectivity index (χ1n) is 3.99. The van der Waals surface area contributed by atoms with Gasteiger partial charge in [-0.2, -0.15) is 0 Å². The van der Waals surface area contributed by atoms with Crippen molar-refractivity contribution in [3.05, 3.63) is 0 Å². The third-order valence-electron chi connectivity index (χ3n) is 3.64. The molecule has 0 aromatic heterocycles. The molecule has 2 saturated carbocycles. The average molecular weight is 125 g/mol. The molecule has 1 nitrogen and oxygen atoms in total. The van der Waals surface area contributed by atoms with E-state index >= 15 is 0 Å². The highest BCUT2D eigenvalue weighted by atomic mass is 14.8. The van der Waals surface area contributed by atoms with Gasteiger partial charge < -0.3 is 5.73 Å². The summed E-state index contributed by atoms with van der Waals surface area (Å²) in [7, 11) is 0. The van der Waals surface area contributed by atoms with E-state index in [4.69, 9.17) is 5.73 Å². The van der Waals surface area contributed by atoms with Crippen LogP contribution in [0.15, 0.2) is 0 Å². The maximum atomic E-state index is 5.95. The van der Waals surface area contributed by atoms with Crippen molar-refractivity contribution in [3.63, 3.8) is 0 Å². The molecule has 0 spiro atoms. The molecule has 2 N–H and O–H groups in total. The normalized spacial score (nSPS) is 56.7. The van der Waals surface area contributed by atoms with Gasteiger partial charge in [-0.25, -0.2) is 0 Å². The van der Waals surface area contributed by atoms with Crippen LogP contribution in [-0.2, 0) is 0 Å².